The molecule has 0 aliphatic carbocycles. The molecule has 0 spiro atoms. The minimum Gasteiger partial charge on any atom is -0.381 e. The van der Waals surface area contributed by atoms with Crippen molar-refractivity contribution in [1.29, 1.82) is 0 Å². The Labute approximate surface area is 132 Å². The van der Waals surface area contributed by atoms with Crippen LogP contribution in [0.2, 0.25) is 0 Å². The van der Waals surface area contributed by atoms with E-state index in [4.69, 9.17) is 9.88 Å². The number of carbonyl (C=O) groups excluding carboxylic acids is 1. The SMILES string of the molecule is NS(=O)(=O)c1cc(Br)cc(C(=O)NCCC2CCOC2)c1. The molecule has 1 saturated heterocycles. The molecule has 1 aromatic carbocycles. The van der Waals surface area contributed by atoms with Gasteiger partial charge in [0.05, 0.1) is 4.90 Å². The maximum atomic E-state index is 12.1. The third-order valence-electron chi connectivity index (χ3n) is 3.32. The van der Waals surface area contributed by atoms with Gasteiger partial charge in [0, 0.05) is 29.8 Å². The Kier molecular flexibility index (Phi) is 5.37. The van der Waals surface area contributed by atoms with E-state index >= 15 is 0 Å². The lowest BCUT2D eigenvalue weighted by Gasteiger charge is -2.10. The van der Waals surface area contributed by atoms with Crippen LogP contribution in [0.15, 0.2) is 27.6 Å². The number of primary sulfonamides is 1. The zero-order chi connectivity index (χ0) is 15.5. The van der Waals surface area contributed by atoms with Crippen molar-refractivity contribution in [2.75, 3.05) is 19.8 Å². The molecule has 6 nitrogen and oxygen atoms in total. The zero-order valence-corrected chi connectivity index (χ0v) is 13.7. The minimum atomic E-state index is -3.84. The van der Waals surface area contributed by atoms with E-state index in [1.165, 1.54) is 12.1 Å². The maximum absolute atomic E-state index is 12.1. The Morgan fingerprint density at radius 3 is 2.81 bits per heavy atom. The topological polar surface area (TPSA) is 98.5 Å². The Morgan fingerprint density at radius 2 is 2.19 bits per heavy atom. The first-order valence-corrected chi connectivity index (χ1v) is 8.89. The fraction of sp³-hybridized carbons (Fsp3) is 0.462. The summed E-state index contributed by atoms with van der Waals surface area (Å²) in [6.45, 7) is 2.05. The quantitative estimate of drug-likeness (QED) is 0.807. The largest absolute Gasteiger partial charge is 0.381 e. The van der Waals surface area contributed by atoms with Gasteiger partial charge in [-0.05, 0) is 37.0 Å². The second-order valence-electron chi connectivity index (χ2n) is 4.99. The number of nitrogens with two attached hydrogens (primary N) is 1. The van der Waals surface area contributed by atoms with Gasteiger partial charge in [0.25, 0.3) is 5.91 Å². The van der Waals surface area contributed by atoms with Gasteiger partial charge >= 0.3 is 0 Å². The number of halogens is 1. The van der Waals surface area contributed by atoms with Gasteiger partial charge in [-0.25, -0.2) is 13.6 Å². The molecule has 1 aliphatic rings. The number of sulfonamides is 1. The fourth-order valence-electron chi connectivity index (χ4n) is 2.16. The molecular weight excluding hydrogens is 360 g/mol. The first-order valence-electron chi connectivity index (χ1n) is 6.55. The standard InChI is InChI=1S/C13H17BrN2O4S/c14-11-5-10(6-12(7-11)21(15,18)19)13(17)16-3-1-9-2-4-20-8-9/h5-7,9H,1-4,8H2,(H,16,17)(H2,15,18,19). The lowest BCUT2D eigenvalue weighted by molar-refractivity contribution is 0.0950. The summed E-state index contributed by atoms with van der Waals surface area (Å²) >= 11 is 3.18. The summed E-state index contributed by atoms with van der Waals surface area (Å²) in [5, 5.41) is 7.86. The van der Waals surface area contributed by atoms with Crippen molar-refractivity contribution in [3.05, 3.63) is 28.2 Å². The molecule has 1 fully saturated rings. The summed E-state index contributed by atoms with van der Waals surface area (Å²) in [4.78, 5) is 12.0. The van der Waals surface area contributed by atoms with Crippen LogP contribution < -0.4 is 10.5 Å². The maximum Gasteiger partial charge on any atom is 0.251 e. The van der Waals surface area contributed by atoms with Crippen molar-refractivity contribution in [2.45, 2.75) is 17.7 Å². The number of carbonyl (C=O) groups is 1. The molecule has 21 heavy (non-hydrogen) atoms. The molecule has 0 saturated carbocycles. The van der Waals surface area contributed by atoms with Gasteiger partial charge in [-0.1, -0.05) is 15.9 Å². The Hall–Kier alpha value is -0.960. The number of nitrogens with one attached hydrogen (secondary N) is 1. The Morgan fingerprint density at radius 1 is 1.43 bits per heavy atom. The van der Waals surface area contributed by atoms with Gasteiger partial charge in [-0.15, -0.1) is 0 Å². The second kappa shape index (κ2) is 6.87. The molecule has 3 N–H and O–H groups in total. The molecule has 1 aromatic rings. The molecule has 0 bridgehead atoms. The molecule has 2 rings (SSSR count). The van der Waals surface area contributed by atoms with E-state index in [1.54, 1.807) is 6.07 Å². The minimum absolute atomic E-state index is 0.0915. The molecule has 1 atom stereocenters. The smallest absolute Gasteiger partial charge is 0.251 e. The highest BCUT2D eigenvalue weighted by molar-refractivity contribution is 9.10. The van der Waals surface area contributed by atoms with Gasteiger partial charge in [0.1, 0.15) is 0 Å². The highest BCUT2D eigenvalue weighted by Crippen LogP contribution is 2.19. The molecular formula is C13H17BrN2O4S. The summed E-state index contributed by atoms with van der Waals surface area (Å²) in [5.41, 5.74) is 0.260. The first kappa shape index (κ1) is 16.4. The summed E-state index contributed by atoms with van der Waals surface area (Å²) in [6, 6.07) is 4.19. The zero-order valence-electron chi connectivity index (χ0n) is 11.3. The van der Waals surface area contributed by atoms with Gasteiger partial charge in [0.15, 0.2) is 0 Å². The van der Waals surface area contributed by atoms with Gasteiger partial charge in [-0.3, -0.25) is 4.79 Å². The lowest BCUT2D eigenvalue weighted by atomic mass is 10.1. The van der Waals surface area contributed by atoms with Crippen molar-refractivity contribution in [2.24, 2.45) is 11.1 Å². The average Bonchev–Trinajstić information content (AvgIpc) is 2.90. The number of ether oxygens (including phenoxy) is 1. The molecule has 116 valence electrons. The van der Waals surface area contributed by atoms with Crippen molar-refractivity contribution >= 4 is 31.9 Å². The van der Waals surface area contributed by atoms with Gasteiger partial charge in [-0.2, -0.15) is 0 Å². The molecule has 1 amide bonds. The summed E-state index contributed by atoms with van der Waals surface area (Å²) in [7, 11) is -3.84. The molecule has 1 heterocycles. The van der Waals surface area contributed by atoms with Crippen LogP contribution >= 0.6 is 15.9 Å². The summed E-state index contributed by atoms with van der Waals surface area (Å²) < 4.78 is 28.5. The monoisotopic (exact) mass is 376 g/mol. The number of hydrogen-bond donors (Lipinski definition) is 2. The van der Waals surface area contributed by atoms with Crippen molar-refractivity contribution in [1.82, 2.24) is 5.32 Å². The number of hydrogen-bond acceptors (Lipinski definition) is 4. The number of benzene rings is 1. The van der Waals surface area contributed by atoms with Crippen LogP contribution in [-0.4, -0.2) is 34.1 Å². The number of amides is 1. The van der Waals surface area contributed by atoms with E-state index in [0.717, 1.165) is 26.1 Å². The van der Waals surface area contributed by atoms with E-state index in [0.29, 0.717) is 16.9 Å². The van der Waals surface area contributed by atoms with Crippen LogP contribution in [0, 0.1) is 5.92 Å². The van der Waals surface area contributed by atoms with Crippen LogP contribution in [-0.2, 0) is 14.8 Å². The lowest BCUT2D eigenvalue weighted by Crippen LogP contribution is -2.26. The van der Waals surface area contributed by atoms with E-state index < -0.39 is 10.0 Å². The molecule has 8 heteroatoms. The third kappa shape index (κ3) is 4.77. The Bertz CT molecular complexity index is 627. The predicted octanol–water partition coefficient (Wildman–Crippen LogP) is 1.25. The van der Waals surface area contributed by atoms with Crippen molar-refractivity contribution < 1.29 is 17.9 Å². The molecule has 1 unspecified atom stereocenters. The van der Waals surface area contributed by atoms with Gasteiger partial charge < -0.3 is 10.1 Å². The Balaban J connectivity index is 2.00. The van der Waals surface area contributed by atoms with E-state index in [2.05, 4.69) is 21.2 Å². The van der Waals surface area contributed by atoms with Gasteiger partial charge in [0.2, 0.25) is 10.0 Å². The molecule has 0 aromatic heterocycles. The van der Waals surface area contributed by atoms with E-state index in [-0.39, 0.29) is 16.4 Å². The fourth-order valence-corrected chi connectivity index (χ4v) is 3.39. The third-order valence-corrected chi connectivity index (χ3v) is 4.67. The van der Waals surface area contributed by atoms with Crippen molar-refractivity contribution in [3.63, 3.8) is 0 Å². The van der Waals surface area contributed by atoms with E-state index in [1.807, 2.05) is 0 Å². The first-order chi connectivity index (χ1) is 9.86. The highest BCUT2D eigenvalue weighted by atomic mass is 79.9. The molecule has 0 radical (unpaired) electrons. The van der Waals surface area contributed by atoms with Crippen LogP contribution in [0.1, 0.15) is 23.2 Å². The van der Waals surface area contributed by atoms with Crippen molar-refractivity contribution in [3.8, 4) is 0 Å². The van der Waals surface area contributed by atoms with Crippen LogP contribution in [0.3, 0.4) is 0 Å². The van der Waals surface area contributed by atoms with Crippen LogP contribution in [0.25, 0.3) is 0 Å². The number of rotatable bonds is 5. The molecule has 1 aliphatic heterocycles. The summed E-state index contributed by atoms with van der Waals surface area (Å²) in [5.74, 6) is 0.160. The van der Waals surface area contributed by atoms with Crippen LogP contribution in [0.5, 0.6) is 0 Å². The highest BCUT2D eigenvalue weighted by Gasteiger charge is 2.17. The second-order valence-corrected chi connectivity index (χ2v) is 7.47. The van der Waals surface area contributed by atoms with Crippen LogP contribution in [0.4, 0.5) is 0 Å². The normalized spacial score (nSPS) is 18.7. The summed E-state index contributed by atoms with van der Waals surface area (Å²) in [6.07, 6.45) is 1.87. The van der Waals surface area contributed by atoms with E-state index in [9.17, 15) is 13.2 Å². The average molecular weight is 377 g/mol. The predicted molar refractivity (Wildman–Crippen MR) is 81.4 cm³/mol.